The number of sulfone groups is 1. The van der Waals surface area contributed by atoms with Crippen LogP contribution < -0.4 is 0 Å². The summed E-state index contributed by atoms with van der Waals surface area (Å²) in [6, 6.07) is 0. The fourth-order valence-electron chi connectivity index (χ4n) is 1.96. The minimum absolute atomic E-state index is 0.0855. The summed E-state index contributed by atoms with van der Waals surface area (Å²) in [5.74, 6) is -0.0855. The van der Waals surface area contributed by atoms with Gasteiger partial charge in [0.1, 0.15) is 5.78 Å². The first-order valence-electron chi connectivity index (χ1n) is 5.19. The minimum Gasteiger partial charge on any atom is -0.377 e. The molecule has 1 aliphatic heterocycles. The van der Waals surface area contributed by atoms with Crippen molar-refractivity contribution in [2.24, 2.45) is 0 Å². The van der Waals surface area contributed by atoms with E-state index in [1.165, 1.54) is 6.92 Å². The Labute approximate surface area is 90.9 Å². The van der Waals surface area contributed by atoms with Crippen LogP contribution in [0, 0.1) is 0 Å². The maximum Gasteiger partial charge on any atom is 0.158 e. The Kier molecular flexibility index (Phi) is 3.89. The van der Waals surface area contributed by atoms with Crippen molar-refractivity contribution in [1.82, 2.24) is 0 Å². The molecule has 15 heavy (non-hydrogen) atoms. The molecule has 0 N–H and O–H groups in total. The molecule has 5 heteroatoms. The minimum atomic E-state index is -3.23. The van der Waals surface area contributed by atoms with Crippen LogP contribution in [-0.2, 0) is 19.4 Å². The molecule has 0 aromatic heterocycles. The van der Waals surface area contributed by atoms with E-state index in [2.05, 4.69) is 0 Å². The van der Waals surface area contributed by atoms with Crippen LogP contribution >= 0.6 is 0 Å². The van der Waals surface area contributed by atoms with E-state index in [9.17, 15) is 13.2 Å². The first kappa shape index (κ1) is 12.6. The maximum atomic E-state index is 12.0. The van der Waals surface area contributed by atoms with Gasteiger partial charge in [0, 0.05) is 13.0 Å². The lowest BCUT2D eigenvalue weighted by Crippen LogP contribution is -2.35. The van der Waals surface area contributed by atoms with E-state index in [-0.39, 0.29) is 18.3 Å². The van der Waals surface area contributed by atoms with E-state index in [1.54, 1.807) is 13.8 Å². The average Bonchev–Trinajstić information content (AvgIpc) is 2.50. The quantitative estimate of drug-likeness (QED) is 0.726. The number of hydrogen-bond donors (Lipinski definition) is 0. The monoisotopic (exact) mass is 234 g/mol. The second kappa shape index (κ2) is 4.61. The summed E-state index contributed by atoms with van der Waals surface area (Å²) in [5.41, 5.74) is 0. The summed E-state index contributed by atoms with van der Waals surface area (Å²) in [6.07, 6.45) is 0.404. The largest absolute Gasteiger partial charge is 0.377 e. The smallest absolute Gasteiger partial charge is 0.158 e. The zero-order chi connectivity index (χ0) is 11.6. The number of ether oxygens (including phenoxy) is 1. The maximum absolute atomic E-state index is 12.0. The highest BCUT2D eigenvalue weighted by molar-refractivity contribution is 7.92. The number of Topliss-reactive ketones (excluding diaryl/α,β-unsaturated/α-hetero) is 1. The van der Waals surface area contributed by atoms with E-state index in [1.807, 2.05) is 0 Å². The molecule has 0 radical (unpaired) electrons. The molecule has 0 amide bonds. The molecule has 0 aromatic carbocycles. The lowest BCUT2D eigenvalue weighted by molar-refractivity contribution is -0.116. The molecular formula is C10H18O4S. The molecule has 0 aromatic rings. The highest BCUT2D eigenvalue weighted by Gasteiger charge is 2.39. The fraction of sp³-hybridized carbons (Fsp3) is 0.900. The summed E-state index contributed by atoms with van der Waals surface area (Å²) < 4.78 is 29.3. The van der Waals surface area contributed by atoms with Gasteiger partial charge < -0.3 is 4.74 Å². The van der Waals surface area contributed by atoms with E-state index in [4.69, 9.17) is 4.74 Å². The summed E-state index contributed by atoms with van der Waals surface area (Å²) in [6.45, 7) is 5.29. The van der Waals surface area contributed by atoms with Crippen LogP contribution in [0.2, 0.25) is 0 Å². The highest BCUT2D eigenvalue weighted by Crippen LogP contribution is 2.25. The summed E-state index contributed by atoms with van der Waals surface area (Å²) in [4.78, 5) is 10.9. The third kappa shape index (κ3) is 2.78. The lowest BCUT2D eigenvalue weighted by Gasteiger charge is -2.19. The van der Waals surface area contributed by atoms with Gasteiger partial charge in [-0.05, 0) is 27.2 Å². The Morgan fingerprint density at radius 2 is 2.13 bits per heavy atom. The number of carbonyl (C=O) groups excluding carboxylic acids is 1. The van der Waals surface area contributed by atoms with Crippen LogP contribution in [-0.4, -0.2) is 37.4 Å². The zero-order valence-electron chi connectivity index (χ0n) is 9.39. The normalized spacial score (nSPS) is 29.0. The third-order valence-electron chi connectivity index (χ3n) is 2.86. The molecule has 0 spiro atoms. The van der Waals surface area contributed by atoms with Crippen molar-refractivity contribution in [2.45, 2.75) is 50.2 Å². The topological polar surface area (TPSA) is 60.4 Å². The molecule has 1 rings (SSSR count). The molecule has 1 aliphatic rings. The molecule has 0 aliphatic carbocycles. The molecule has 3 unspecified atom stereocenters. The Bertz CT molecular complexity index is 333. The van der Waals surface area contributed by atoms with Gasteiger partial charge >= 0.3 is 0 Å². The number of ketones is 1. The molecule has 1 heterocycles. The van der Waals surface area contributed by atoms with E-state index >= 15 is 0 Å². The number of carbonyl (C=O) groups is 1. The second-order valence-corrected chi connectivity index (χ2v) is 6.80. The number of rotatable bonds is 4. The third-order valence-corrected chi connectivity index (χ3v) is 5.62. The van der Waals surface area contributed by atoms with Gasteiger partial charge in [-0.3, -0.25) is 4.79 Å². The predicted octanol–water partition coefficient (Wildman–Crippen LogP) is 0.946. The van der Waals surface area contributed by atoms with Crippen molar-refractivity contribution in [1.29, 1.82) is 0 Å². The lowest BCUT2D eigenvalue weighted by atomic mass is 10.2. The summed E-state index contributed by atoms with van der Waals surface area (Å²) in [5, 5.41) is -1.03. The Morgan fingerprint density at radius 1 is 1.53 bits per heavy atom. The Hall–Kier alpha value is -0.420. The van der Waals surface area contributed by atoms with Gasteiger partial charge in [-0.15, -0.1) is 0 Å². The van der Waals surface area contributed by atoms with E-state index < -0.39 is 20.3 Å². The zero-order valence-corrected chi connectivity index (χ0v) is 10.2. The molecule has 1 fully saturated rings. The van der Waals surface area contributed by atoms with Gasteiger partial charge in [-0.1, -0.05) is 0 Å². The fourth-order valence-corrected chi connectivity index (χ4v) is 4.06. The molecule has 0 bridgehead atoms. The van der Waals surface area contributed by atoms with Crippen molar-refractivity contribution in [3.05, 3.63) is 0 Å². The highest BCUT2D eigenvalue weighted by atomic mass is 32.2. The van der Waals surface area contributed by atoms with E-state index in [0.717, 1.165) is 0 Å². The van der Waals surface area contributed by atoms with Crippen LogP contribution in [0.25, 0.3) is 0 Å². The van der Waals surface area contributed by atoms with Gasteiger partial charge in [0.05, 0.1) is 16.6 Å². The molecule has 3 atom stereocenters. The molecule has 0 saturated carbocycles. The van der Waals surface area contributed by atoms with Crippen LogP contribution in [0.5, 0.6) is 0 Å². The molecule has 1 saturated heterocycles. The standard InChI is InChI=1S/C10H18O4S/c1-7(11)6-8(2)15(12,13)10-4-5-14-9(10)3/h8-10H,4-6H2,1-3H3. The SMILES string of the molecule is CC(=O)CC(C)S(=O)(=O)C1CCOC1C. The van der Waals surface area contributed by atoms with Crippen molar-refractivity contribution in [2.75, 3.05) is 6.61 Å². The average molecular weight is 234 g/mol. The second-order valence-electron chi connectivity index (χ2n) is 4.21. The number of hydrogen-bond acceptors (Lipinski definition) is 4. The van der Waals surface area contributed by atoms with Crippen LogP contribution in [0.15, 0.2) is 0 Å². The van der Waals surface area contributed by atoms with Crippen molar-refractivity contribution in [3.63, 3.8) is 0 Å². The van der Waals surface area contributed by atoms with Crippen molar-refractivity contribution in [3.8, 4) is 0 Å². The molecule has 88 valence electrons. The van der Waals surface area contributed by atoms with Crippen LogP contribution in [0.4, 0.5) is 0 Å². The Morgan fingerprint density at radius 3 is 2.53 bits per heavy atom. The van der Waals surface area contributed by atoms with Gasteiger partial charge in [0.25, 0.3) is 0 Å². The summed E-state index contributed by atoms with van der Waals surface area (Å²) >= 11 is 0. The van der Waals surface area contributed by atoms with Crippen LogP contribution in [0.3, 0.4) is 0 Å². The van der Waals surface area contributed by atoms with Gasteiger partial charge in [0.15, 0.2) is 9.84 Å². The summed E-state index contributed by atoms with van der Waals surface area (Å²) in [7, 11) is -3.23. The van der Waals surface area contributed by atoms with Crippen molar-refractivity contribution < 1.29 is 17.9 Å². The first-order chi connectivity index (χ1) is 6.85. The van der Waals surface area contributed by atoms with Crippen LogP contribution in [0.1, 0.15) is 33.6 Å². The molecule has 4 nitrogen and oxygen atoms in total. The first-order valence-corrected chi connectivity index (χ1v) is 6.80. The van der Waals surface area contributed by atoms with E-state index in [0.29, 0.717) is 13.0 Å². The van der Waals surface area contributed by atoms with Crippen molar-refractivity contribution >= 4 is 15.6 Å². The molecular weight excluding hydrogens is 216 g/mol. The predicted molar refractivity (Wildman–Crippen MR) is 57.5 cm³/mol. The van der Waals surface area contributed by atoms with Gasteiger partial charge in [-0.2, -0.15) is 0 Å². The Balaban J connectivity index is 2.77. The van der Waals surface area contributed by atoms with Gasteiger partial charge in [0.2, 0.25) is 0 Å². The van der Waals surface area contributed by atoms with Gasteiger partial charge in [-0.25, -0.2) is 8.42 Å².